The van der Waals surface area contributed by atoms with Crippen molar-refractivity contribution in [2.75, 3.05) is 19.8 Å². The van der Waals surface area contributed by atoms with Gasteiger partial charge < -0.3 is 4.90 Å². The van der Waals surface area contributed by atoms with Crippen molar-refractivity contribution >= 4 is 26.5 Å². The van der Waals surface area contributed by atoms with E-state index in [4.69, 9.17) is 4.55 Å². The van der Waals surface area contributed by atoms with Crippen molar-refractivity contribution in [3.05, 3.63) is 65.2 Å². The molecular weight excluding hydrogens is 388 g/mol. The maximum atomic E-state index is 12.2. The molecule has 0 atom stereocenters. The third kappa shape index (κ3) is 7.12. The lowest BCUT2D eigenvalue weighted by atomic mass is 10.0. The van der Waals surface area contributed by atoms with Crippen LogP contribution >= 0.6 is 0 Å². The molecule has 9 heteroatoms. The maximum absolute atomic E-state index is 12.2. The van der Waals surface area contributed by atoms with Gasteiger partial charge in [-0.1, -0.05) is 36.4 Å². The van der Waals surface area contributed by atoms with Gasteiger partial charge in [-0.05, 0) is 41.7 Å². The van der Waals surface area contributed by atoms with Crippen LogP contribution in [0.5, 0.6) is 0 Å². The molecule has 0 aliphatic carbocycles. The molecule has 0 unspecified atom stereocenters. The first-order chi connectivity index (χ1) is 12.5. The van der Waals surface area contributed by atoms with Crippen molar-refractivity contribution in [2.24, 2.45) is 4.40 Å². The van der Waals surface area contributed by atoms with E-state index in [2.05, 4.69) is 4.40 Å². The van der Waals surface area contributed by atoms with Gasteiger partial charge in [0.15, 0.2) is 0 Å². The number of nitrogens with zero attached hydrogens (tertiary/aromatic N) is 2. The summed E-state index contributed by atoms with van der Waals surface area (Å²) >= 11 is 0. The molecule has 0 bridgehead atoms. The van der Waals surface area contributed by atoms with E-state index < -0.39 is 20.1 Å². The topological polar surface area (TPSA) is 104 Å². The minimum Gasteiger partial charge on any atom is -0.368 e. The second-order valence-corrected chi connectivity index (χ2v) is 9.54. The summed E-state index contributed by atoms with van der Waals surface area (Å²) in [5.74, 6) is -0.320. The van der Waals surface area contributed by atoms with E-state index in [1.165, 1.54) is 12.4 Å². The highest BCUT2D eigenvalue weighted by Gasteiger charge is 2.12. The lowest BCUT2D eigenvalue weighted by molar-refractivity contribution is 0.482. The molecule has 0 aromatic heterocycles. The van der Waals surface area contributed by atoms with Gasteiger partial charge in [-0.25, -0.2) is 0 Å². The summed E-state index contributed by atoms with van der Waals surface area (Å²) < 4.78 is 58.5. The lowest BCUT2D eigenvalue weighted by Crippen LogP contribution is -2.10. The van der Waals surface area contributed by atoms with E-state index in [9.17, 15) is 16.8 Å². The minimum atomic E-state index is -3.98. The first-order valence-electron chi connectivity index (χ1n) is 8.14. The van der Waals surface area contributed by atoms with Crippen molar-refractivity contribution < 1.29 is 21.4 Å². The molecule has 1 N–H and O–H groups in total. The molecule has 2 rings (SSSR count). The SMILES string of the molecule is CN(C)C=NS(=O)(=O)c1cccc(Cc2ccc(CCS(=O)(=O)O)cc2)c1. The standard InChI is InChI=1S/C18H22N2O5S2/c1-20(2)14-19-27(24,25)18-5-3-4-17(13-18)12-16-8-6-15(7-9-16)10-11-26(21,22)23/h3-9,13-14H,10-12H2,1-2H3,(H,21,22,23). The van der Waals surface area contributed by atoms with Crippen LogP contribution in [0.25, 0.3) is 0 Å². The number of rotatable bonds is 8. The van der Waals surface area contributed by atoms with Crippen LogP contribution in [-0.4, -0.2) is 52.5 Å². The van der Waals surface area contributed by atoms with E-state index in [0.717, 1.165) is 16.7 Å². The van der Waals surface area contributed by atoms with Gasteiger partial charge in [0.05, 0.1) is 10.6 Å². The smallest absolute Gasteiger partial charge is 0.283 e. The Morgan fingerprint density at radius 2 is 1.59 bits per heavy atom. The highest BCUT2D eigenvalue weighted by Crippen LogP contribution is 2.17. The Kier molecular flexibility index (Phi) is 6.74. The van der Waals surface area contributed by atoms with Crippen molar-refractivity contribution in [3.63, 3.8) is 0 Å². The molecule has 2 aromatic carbocycles. The quantitative estimate of drug-likeness (QED) is 0.405. The Hall–Kier alpha value is -2.23. The molecule has 0 saturated heterocycles. The minimum absolute atomic E-state index is 0.128. The van der Waals surface area contributed by atoms with Crippen LogP contribution < -0.4 is 0 Å². The highest BCUT2D eigenvalue weighted by molar-refractivity contribution is 7.90. The second-order valence-electron chi connectivity index (χ2n) is 6.34. The van der Waals surface area contributed by atoms with Gasteiger partial charge in [-0.2, -0.15) is 16.8 Å². The molecule has 0 radical (unpaired) electrons. The summed E-state index contributed by atoms with van der Waals surface area (Å²) in [5, 5.41) is 0. The second kappa shape index (κ2) is 8.64. The molecular formula is C18H22N2O5S2. The van der Waals surface area contributed by atoms with Crippen LogP contribution in [0.3, 0.4) is 0 Å². The highest BCUT2D eigenvalue weighted by atomic mass is 32.2. The monoisotopic (exact) mass is 410 g/mol. The Morgan fingerprint density at radius 1 is 0.963 bits per heavy atom. The molecule has 146 valence electrons. The van der Waals surface area contributed by atoms with Crippen LogP contribution in [0.15, 0.2) is 57.8 Å². The van der Waals surface area contributed by atoms with Crippen molar-refractivity contribution in [1.29, 1.82) is 0 Å². The first kappa shape index (κ1) is 21.1. The number of aryl methyl sites for hydroxylation is 1. The summed E-state index contributed by atoms with van der Waals surface area (Å²) in [6, 6.07) is 13.9. The Bertz CT molecular complexity index is 1010. The number of hydrogen-bond acceptors (Lipinski definition) is 4. The van der Waals surface area contributed by atoms with E-state index in [1.54, 1.807) is 43.3 Å². The van der Waals surface area contributed by atoms with Gasteiger partial charge >= 0.3 is 0 Å². The fraction of sp³-hybridized carbons (Fsp3) is 0.278. The summed E-state index contributed by atoms with van der Waals surface area (Å²) in [5.41, 5.74) is 2.57. The molecule has 0 saturated carbocycles. The Morgan fingerprint density at radius 3 is 2.19 bits per heavy atom. The number of benzene rings is 2. The lowest BCUT2D eigenvalue weighted by Gasteiger charge is -2.07. The van der Waals surface area contributed by atoms with E-state index in [1.807, 2.05) is 18.2 Å². The van der Waals surface area contributed by atoms with Crippen LogP contribution in [-0.2, 0) is 33.0 Å². The fourth-order valence-corrected chi connectivity index (χ4v) is 3.82. The average Bonchev–Trinajstić information content (AvgIpc) is 2.59. The third-order valence-corrected chi connectivity index (χ3v) is 5.63. The zero-order valence-corrected chi connectivity index (χ0v) is 16.7. The van der Waals surface area contributed by atoms with Gasteiger partial charge in [0.25, 0.3) is 20.1 Å². The summed E-state index contributed by atoms with van der Waals surface area (Å²) in [7, 11) is -4.35. The largest absolute Gasteiger partial charge is 0.368 e. The third-order valence-electron chi connectivity index (χ3n) is 3.69. The molecule has 0 heterocycles. The molecule has 27 heavy (non-hydrogen) atoms. The average molecular weight is 411 g/mol. The Balaban J connectivity index is 2.12. The van der Waals surface area contributed by atoms with Gasteiger partial charge in [0, 0.05) is 14.1 Å². The molecule has 0 aliphatic rings. The van der Waals surface area contributed by atoms with E-state index in [0.29, 0.717) is 6.42 Å². The molecule has 0 aliphatic heterocycles. The molecule has 7 nitrogen and oxygen atoms in total. The number of sulfonamides is 1. The summed E-state index contributed by atoms with van der Waals surface area (Å²) in [4.78, 5) is 1.67. The summed E-state index contributed by atoms with van der Waals surface area (Å²) in [6.07, 6.45) is 2.00. The van der Waals surface area contributed by atoms with Crippen LogP contribution in [0.1, 0.15) is 16.7 Å². The van der Waals surface area contributed by atoms with Crippen LogP contribution in [0.2, 0.25) is 0 Å². The summed E-state index contributed by atoms with van der Waals surface area (Å²) in [6.45, 7) is 0. The zero-order valence-electron chi connectivity index (χ0n) is 15.1. The number of hydrogen-bond donors (Lipinski definition) is 1. The zero-order chi connectivity index (χ0) is 20.1. The van der Waals surface area contributed by atoms with Crippen molar-refractivity contribution in [3.8, 4) is 0 Å². The van der Waals surface area contributed by atoms with Gasteiger partial charge in [0.2, 0.25) is 0 Å². The van der Waals surface area contributed by atoms with E-state index >= 15 is 0 Å². The predicted octanol–water partition coefficient (Wildman–Crippen LogP) is 1.99. The van der Waals surface area contributed by atoms with Crippen molar-refractivity contribution in [1.82, 2.24) is 4.90 Å². The van der Waals surface area contributed by atoms with Gasteiger partial charge in [-0.3, -0.25) is 4.55 Å². The Labute approximate surface area is 160 Å². The predicted molar refractivity (Wildman–Crippen MR) is 105 cm³/mol. The maximum Gasteiger partial charge on any atom is 0.283 e. The van der Waals surface area contributed by atoms with Crippen LogP contribution in [0, 0.1) is 0 Å². The van der Waals surface area contributed by atoms with Crippen molar-refractivity contribution in [2.45, 2.75) is 17.7 Å². The van der Waals surface area contributed by atoms with Gasteiger partial charge in [-0.15, -0.1) is 4.40 Å². The molecule has 0 amide bonds. The molecule has 0 fully saturated rings. The van der Waals surface area contributed by atoms with Gasteiger partial charge in [0.1, 0.15) is 6.34 Å². The molecule has 0 spiro atoms. The normalized spacial score (nSPS) is 12.4. The fourth-order valence-electron chi connectivity index (χ4n) is 2.34. The molecule has 2 aromatic rings. The first-order valence-corrected chi connectivity index (χ1v) is 11.2. The van der Waals surface area contributed by atoms with Crippen LogP contribution in [0.4, 0.5) is 0 Å². The van der Waals surface area contributed by atoms with E-state index in [-0.39, 0.29) is 17.1 Å².